The van der Waals surface area contributed by atoms with E-state index in [4.69, 9.17) is 5.73 Å². The number of carbonyl (C=O) groups excluding carboxylic acids is 2. The average Bonchev–Trinajstić information content (AvgIpc) is 3.26. The van der Waals surface area contributed by atoms with Crippen molar-refractivity contribution in [2.75, 3.05) is 11.9 Å². The summed E-state index contributed by atoms with van der Waals surface area (Å²) in [5.74, 6) is 0.326. The van der Waals surface area contributed by atoms with E-state index >= 15 is 0 Å². The molecule has 2 aliphatic rings. The summed E-state index contributed by atoms with van der Waals surface area (Å²) in [5.41, 5.74) is 7.13. The first kappa shape index (κ1) is 17.0. The zero-order chi connectivity index (χ0) is 16.9. The summed E-state index contributed by atoms with van der Waals surface area (Å²) in [6, 6.07) is 7.46. The summed E-state index contributed by atoms with van der Waals surface area (Å²) in [7, 11) is 0. The number of hydrogen-bond donors (Lipinski definition) is 3. The van der Waals surface area contributed by atoms with Gasteiger partial charge in [-0.15, -0.1) is 0 Å². The summed E-state index contributed by atoms with van der Waals surface area (Å²) in [4.78, 5) is 24.6. The molecule has 2 amide bonds. The van der Waals surface area contributed by atoms with Gasteiger partial charge < -0.3 is 16.4 Å². The average molecular weight is 329 g/mol. The van der Waals surface area contributed by atoms with Crippen molar-refractivity contribution < 1.29 is 9.59 Å². The number of nitrogens with one attached hydrogen (secondary N) is 2. The second-order valence-electron chi connectivity index (χ2n) is 7.05. The lowest BCUT2D eigenvalue weighted by Crippen LogP contribution is -2.32. The molecule has 0 heterocycles. The molecule has 1 aromatic carbocycles. The Balaban J connectivity index is 1.56. The lowest BCUT2D eigenvalue weighted by atomic mass is 9.95. The van der Waals surface area contributed by atoms with Gasteiger partial charge in [0.1, 0.15) is 0 Å². The number of benzene rings is 1. The van der Waals surface area contributed by atoms with Gasteiger partial charge in [-0.25, -0.2) is 0 Å². The highest BCUT2D eigenvalue weighted by atomic mass is 16.2. The van der Waals surface area contributed by atoms with Crippen molar-refractivity contribution in [2.45, 2.75) is 51.0 Å². The third kappa shape index (κ3) is 3.96. The van der Waals surface area contributed by atoms with Crippen LogP contribution in [0.25, 0.3) is 0 Å². The monoisotopic (exact) mass is 329 g/mol. The van der Waals surface area contributed by atoms with E-state index in [9.17, 15) is 9.59 Å². The molecule has 2 fully saturated rings. The quantitative estimate of drug-likeness (QED) is 0.776. The number of rotatable bonds is 5. The van der Waals surface area contributed by atoms with Crippen LogP contribution in [0.5, 0.6) is 0 Å². The van der Waals surface area contributed by atoms with Crippen LogP contribution in [0, 0.1) is 11.8 Å². The molecule has 2 saturated carbocycles. The molecule has 130 valence electrons. The van der Waals surface area contributed by atoms with Crippen LogP contribution in [-0.2, 0) is 4.79 Å². The molecular weight excluding hydrogens is 302 g/mol. The van der Waals surface area contributed by atoms with Crippen LogP contribution in [-0.4, -0.2) is 24.4 Å². The Morgan fingerprint density at radius 2 is 1.71 bits per heavy atom. The maximum absolute atomic E-state index is 12.4. The lowest BCUT2D eigenvalue weighted by molar-refractivity contribution is -0.120. The van der Waals surface area contributed by atoms with Gasteiger partial charge in [0, 0.05) is 23.2 Å². The van der Waals surface area contributed by atoms with E-state index in [1.807, 2.05) is 0 Å². The van der Waals surface area contributed by atoms with Crippen molar-refractivity contribution in [3.8, 4) is 0 Å². The molecule has 0 saturated heterocycles. The van der Waals surface area contributed by atoms with Gasteiger partial charge in [0.15, 0.2) is 0 Å². The van der Waals surface area contributed by atoms with Crippen LogP contribution in [0.1, 0.15) is 55.3 Å². The molecule has 5 nitrogen and oxygen atoms in total. The van der Waals surface area contributed by atoms with Crippen LogP contribution in [0.2, 0.25) is 0 Å². The topological polar surface area (TPSA) is 84.2 Å². The SMILES string of the molecule is NC[C@H]1CCC[C@H]1C(=O)Nc1ccc(C(=O)NC2CCCC2)cc1. The Labute approximate surface area is 143 Å². The van der Waals surface area contributed by atoms with E-state index < -0.39 is 0 Å². The molecular formula is C19H27N3O2. The van der Waals surface area contributed by atoms with Crippen LogP contribution in [0.4, 0.5) is 5.69 Å². The third-order valence-corrected chi connectivity index (χ3v) is 5.40. The second-order valence-corrected chi connectivity index (χ2v) is 7.05. The van der Waals surface area contributed by atoms with Gasteiger partial charge in [-0.1, -0.05) is 19.3 Å². The van der Waals surface area contributed by atoms with Gasteiger partial charge in [-0.05, 0) is 62.4 Å². The largest absolute Gasteiger partial charge is 0.349 e. The number of anilines is 1. The van der Waals surface area contributed by atoms with Crippen molar-refractivity contribution in [1.82, 2.24) is 5.32 Å². The third-order valence-electron chi connectivity index (χ3n) is 5.40. The normalized spacial score (nSPS) is 24.0. The molecule has 5 heteroatoms. The minimum absolute atomic E-state index is 0.0142. The van der Waals surface area contributed by atoms with E-state index in [2.05, 4.69) is 10.6 Å². The minimum atomic E-state index is -0.0289. The van der Waals surface area contributed by atoms with Crippen LogP contribution in [0.3, 0.4) is 0 Å². The molecule has 2 atom stereocenters. The van der Waals surface area contributed by atoms with Gasteiger partial charge in [0.05, 0.1) is 0 Å². The first-order chi connectivity index (χ1) is 11.7. The Hall–Kier alpha value is -1.88. The predicted molar refractivity (Wildman–Crippen MR) is 94.7 cm³/mol. The highest BCUT2D eigenvalue weighted by Crippen LogP contribution is 2.31. The summed E-state index contributed by atoms with van der Waals surface area (Å²) >= 11 is 0. The predicted octanol–water partition coefficient (Wildman–Crippen LogP) is 2.67. The van der Waals surface area contributed by atoms with Crippen LogP contribution >= 0.6 is 0 Å². The van der Waals surface area contributed by atoms with Crippen molar-refractivity contribution in [2.24, 2.45) is 17.6 Å². The van der Waals surface area contributed by atoms with Crippen molar-refractivity contribution in [3.05, 3.63) is 29.8 Å². The number of amides is 2. The molecule has 1 aromatic rings. The molecule has 3 rings (SSSR count). The maximum Gasteiger partial charge on any atom is 0.251 e. The Bertz CT molecular complexity index is 579. The zero-order valence-electron chi connectivity index (χ0n) is 14.1. The van der Waals surface area contributed by atoms with E-state index in [-0.39, 0.29) is 17.7 Å². The van der Waals surface area contributed by atoms with Gasteiger partial charge in [0.2, 0.25) is 5.91 Å². The summed E-state index contributed by atoms with van der Waals surface area (Å²) in [5, 5.41) is 6.03. The summed E-state index contributed by atoms with van der Waals surface area (Å²) < 4.78 is 0. The van der Waals surface area contributed by atoms with Gasteiger partial charge in [-0.2, -0.15) is 0 Å². The minimum Gasteiger partial charge on any atom is -0.349 e. The molecule has 0 spiro atoms. The molecule has 4 N–H and O–H groups in total. The second kappa shape index (κ2) is 7.79. The Morgan fingerprint density at radius 1 is 1.00 bits per heavy atom. The number of carbonyl (C=O) groups is 2. The fourth-order valence-electron chi connectivity index (χ4n) is 3.94. The molecule has 2 aliphatic carbocycles. The lowest BCUT2D eigenvalue weighted by Gasteiger charge is -2.17. The van der Waals surface area contributed by atoms with Crippen molar-refractivity contribution >= 4 is 17.5 Å². The van der Waals surface area contributed by atoms with Crippen LogP contribution in [0.15, 0.2) is 24.3 Å². The van der Waals surface area contributed by atoms with Gasteiger partial charge >= 0.3 is 0 Å². The fourth-order valence-corrected chi connectivity index (χ4v) is 3.94. The number of hydrogen-bond acceptors (Lipinski definition) is 3. The highest BCUT2D eigenvalue weighted by Gasteiger charge is 2.31. The first-order valence-electron chi connectivity index (χ1n) is 9.09. The van der Waals surface area contributed by atoms with Crippen molar-refractivity contribution in [3.63, 3.8) is 0 Å². The van der Waals surface area contributed by atoms with E-state index in [1.165, 1.54) is 12.8 Å². The summed E-state index contributed by atoms with van der Waals surface area (Å²) in [6.07, 6.45) is 7.56. The van der Waals surface area contributed by atoms with Gasteiger partial charge in [-0.3, -0.25) is 9.59 Å². The molecule has 24 heavy (non-hydrogen) atoms. The Kier molecular flexibility index (Phi) is 5.51. The number of nitrogens with two attached hydrogens (primary N) is 1. The smallest absolute Gasteiger partial charge is 0.251 e. The summed E-state index contributed by atoms with van der Waals surface area (Å²) in [6.45, 7) is 0.568. The fraction of sp³-hybridized carbons (Fsp3) is 0.579. The highest BCUT2D eigenvalue weighted by molar-refractivity contribution is 5.96. The van der Waals surface area contributed by atoms with E-state index in [0.29, 0.717) is 24.1 Å². The molecule has 0 aliphatic heterocycles. The van der Waals surface area contributed by atoms with E-state index in [1.54, 1.807) is 24.3 Å². The van der Waals surface area contributed by atoms with Crippen molar-refractivity contribution in [1.29, 1.82) is 0 Å². The Morgan fingerprint density at radius 3 is 2.38 bits per heavy atom. The molecule has 0 aromatic heterocycles. The molecule has 0 unspecified atom stereocenters. The zero-order valence-corrected chi connectivity index (χ0v) is 14.1. The standard InChI is InChI=1S/C19H27N3O2/c20-12-14-4-3-7-17(14)19(24)22-16-10-8-13(9-11-16)18(23)21-15-5-1-2-6-15/h8-11,14-15,17H,1-7,12,20H2,(H,21,23)(H,22,24)/t14-,17-/m1/s1. The van der Waals surface area contributed by atoms with Gasteiger partial charge in [0.25, 0.3) is 5.91 Å². The maximum atomic E-state index is 12.4. The first-order valence-corrected chi connectivity index (χ1v) is 9.09. The van der Waals surface area contributed by atoms with Crippen LogP contribution < -0.4 is 16.4 Å². The van der Waals surface area contributed by atoms with E-state index in [0.717, 1.165) is 37.8 Å². The molecule has 0 bridgehead atoms. The molecule has 0 radical (unpaired) electrons.